The van der Waals surface area contributed by atoms with E-state index in [4.69, 9.17) is 9.26 Å². The molecule has 1 fully saturated rings. The monoisotopic (exact) mass is 534 g/mol. The molecule has 0 spiro atoms. The maximum Gasteiger partial charge on any atom is 1.00 e. The Bertz CT molecular complexity index is 1370. The zero-order valence-corrected chi connectivity index (χ0v) is 24.3. The summed E-state index contributed by atoms with van der Waals surface area (Å²) in [6, 6.07) is 25.8. The van der Waals surface area contributed by atoms with Crippen LogP contribution in [0.25, 0.3) is 22.5 Å². The number of ether oxygens (including phenoxy) is 1. The third-order valence-electron chi connectivity index (χ3n) is 6.71. The number of carbonyl (C=O) groups is 1. The van der Waals surface area contributed by atoms with Gasteiger partial charge in [-0.05, 0) is 49.2 Å². The van der Waals surface area contributed by atoms with Gasteiger partial charge in [-0.1, -0.05) is 78.3 Å². The number of nitrogens with one attached hydrogen (secondary N) is 1. The van der Waals surface area contributed by atoms with Crippen LogP contribution in [0.3, 0.4) is 0 Å². The third-order valence-corrected chi connectivity index (χ3v) is 6.71. The molecule has 1 saturated heterocycles. The van der Waals surface area contributed by atoms with Crippen LogP contribution in [0.1, 0.15) is 30.7 Å². The Morgan fingerprint density at radius 1 is 1.03 bits per heavy atom. The molecule has 1 aliphatic rings. The Morgan fingerprint density at radius 2 is 1.64 bits per heavy atom. The van der Waals surface area contributed by atoms with Crippen LogP contribution in [-0.4, -0.2) is 36.1 Å². The Hall–Kier alpha value is -3.43. The summed E-state index contributed by atoms with van der Waals surface area (Å²) < 4.78 is 11.1. The summed E-state index contributed by atoms with van der Waals surface area (Å²) in [5.41, 5.74) is 6.00. The predicted molar refractivity (Wildman–Crippen MR) is 145 cm³/mol. The van der Waals surface area contributed by atoms with Gasteiger partial charge in [-0.15, -0.1) is 5.92 Å². The van der Waals surface area contributed by atoms with Crippen LogP contribution in [-0.2, 0) is 9.53 Å². The average Bonchev–Trinajstić information content (AvgIpc) is 3.56. The van der Waals surface area contributed by atoms with Crippen LogP contribution in [0.15, 0.2) is 83.4 Å². The van der Waals surface area contributed by atoms with Crippen LogP contribution in [0.5, 0.6) is 0 Å². The smallest absolute Gasteiger partial charge is 0.870 e. The molecule has 1 amide bonds. The standard InChI is InChI=1S/C30H28N3O4.Na.H2O/c1-20-28(31-30(35)36-21(2)23-6-4-3-5-7-23)29(37-32-20)26-10-8-24(9-11-26)25-12-14-27(15-13-25)33-17-16-22(18-33)19-34;;/h3-15,21-22H,16-18H2,1-2H3,(H,31,35);;1H2/q-1;+1;/p-1/t21-,22+;;/m1../s1. The van der Waals surface area contributed by atoms with Crippen molar-refractivity contribution in [2.24, 2.45) is 5.92 Å². The van der Waals surface area contributed by atoms with Crippen molar-refractivity contribution >= 4 is 23.8 Å². The maximum absolute atomic E-state index is 12.6. The molecule has 3 aromatic carbocycles. The van der Waals surface area contributed by atoms with Crippen LogP contribution >= 0.6 is 0 Å². The van der Waals surface area contributed by atoms with E-state index in [0.29, 0.717) is 17.1 Å². The van der Waals surface area contributed by atoms with Gasteiger partial charge in [0.25, 0.3) is 0 Å². The molecule has 0 aliphatic carbocycles. The zero-order chi connectivity index (χ0) is 25.8. The quantitative estimate of drug-likeness (QED) is 0.286. The number of aromatic nitrogens is 1. The molecule has 0 unspecified atom stereocenters. The number of benzene rings is 3. The summed E-state index contributed by atoms with van der Waals surface area (Å²) >= 11 is 0. The fourth-order valence-electron chi connectivity index (χ4n) is 4.57. The summed E-state index contributed by atoms with van der Waals surface area (Å²) in [6.45, 7) is 5.20. The third kappa shape index (κ3) is 6.96. The molecule has 8 nitrogen and oxygen atoms in total. The van der Waals surface area contributed by atoms with Gasteiger partial charge >= 0.3 is 35.7 Å². The van der Waals surface area contributed by atoms with E-state index in [1.807, 2.05) is 61.5 Å². The molecule has 39 heavy (non-hydrogen) atoms. The molecule has 2 heterocycles. The van der Waals surface area contributed by atoms with E-state index < -0.39 is 12.2 Å². The Balaban J connectivity index is 0.00000210. The summed E-state index contributed by atoms with van der Waals surface area (Å²) in [6.07, 6.45) is 2.00. The molecular weight excluding hydrogens is 505 g/mol. The van der Waals surface area contributed by atoms with E-state index in [1.54, 1.807) is 6.92 Å². The molecule has 2 N–H and O–H groups in total. The van der Waals surface area contributed by atoms with Crippen LogP contribution < -0.4 is 39.8 Å². The van der Waals surface area contributed by atoms with Crippen molar-refractivity contribution in [1.82, 2.24) is 5.16 Å². The van der Waals surface area contributed by atoms with Crippen molar-refractivity contribution in [1.29, 1.82) is 0 Å². The predicted octanol–water partition coefficient (Wildman–Crippen LogP) is 3.39. The molecular formula is C30H29N3NaO5-. The SMILES string of the molecule is Cc1noc(-c2ccc(-c3ccc(N4CC[C@H]([C-]=O)C4)cc3)cc2)c1NC(=O)O[C@H](C)c1ccccc1.[Na+].[OH-]. The minimum absolute atomic E-state index is 0. The van der Waals surface area contributed by atoms with Crippen LogP contribution in [0, 0.1) is 12.8 Å². The number of rotatable bonds is 7. The van der Waals surface area contributed by atoms with Crippen molar-refractivity contribution in [3.8, 4) is 22.5 Å². The first-order valence-corrected chi connectivity index (χ1v) is 12.3. The van der Waals surface area contributed by atoms with Crippen molar-refractivity contribution in [2.75, 3.05) is 23.3 Å². The normalized spacial score (nSPS) is 15.0. The number of aryl methyl sites for hydroxylation is 1. The summed E-state index contributed by atoms with van der Waals surface area (Å²) in [4.78, 5) is 25.8. The van der Waals surface area contributed by atoms with Gasteiger partial charge in [-0.2, -0.15) is 0 Å². The average molecular weight is 535 g/mol. The molecule has 2 atom stereocenters. The Kier molecular flexibility index (Phi) is 10.5. The van der Waals surface area contributed by atoms with Crippen molar-refractivity contribution in [2.45, 2.75) is 26.4 Å². The fraction of sp³-hybridized carbons (Fsp3) is 0.233. The molecule has 1 aliphatic heterocycles. The minimum Gasteiger partial charge on any atom is -0.870 e. The van der Waals surface area contributed by atoms with E-state index in [-0.39, 0.29) is 41.0 Å². The van der Waals surface area contributed by atoms with Gasteiger partial charge in [0, 0.05) is 17.8 Å². The van der Waals surface area contributed by atoms with Gasteiger partial charge in [0.05, 0.1) is 0 Å². The van der Waals surface area contributed by atoms with E-state index in [9.17, 15) is 9.59 Å². The topological polar surface area (TPSA) is 115 Å². The number of anilines is 2. The van der Waals surface area contributed by atoms with Gasteiger partial charge in [0.1, 0.15) is 17.5 Å². The summed E-state index contributed by atoms with van der Waals surface area (Å²) in [5, 5.41) is 6.85. The van der Waals surface area contributed by atoms with Crippen molar-refractivity contribution < 1.29 is 53.9 Å². The second kappa shape index (κ2) is 13.6. The van der Waals surface area contributed by atoms with E-state index in [2.05, 4.69) is 45.9 Å². The minimum atomic E-state index is -0.573. The summed E-state index contributed by atoms with van der Waals surface area (Å²) in [7, 11) is 0. The molecule has 4 aromatic rings. The molecule has 1 aromatic heterocycles. The van der Waals surface area contributed by atoms with Crippen LogP contribution in [0.2, 0.25) is 0 Å². The number of amides is 1. The van der Waals surface area contributed by atoms with E-state index in [1.165, 1.54) is 0 Å². The van der Waals surface area contributed by atoms with Gasteiger partial charge in [-0.25, -0.2) is 4.79 Å². The zero-order valence-electron chi connectivity index (χ0n) is 22.3. The number of hydrogen-bond donors (Lipinski definition) is 1. The van der Waals surface area contributed by atoms with Gasteiger partial charge < -0.3 is 24.4 Å². The Morgan fingerprint density at radius 3 is 2.26 bits per heavy atom. The number of hydrogen-bond acceptors (Lipinski definition) is 7. The molecule has 0 bridgehead atoms. The first-order valence-electron chi connectivity index (χ1n) is 12.3. The summed E-state index contributed by atoms with van der Waals surface area (Å²) in [5.74, 6) is 0.472. The van der Waals surface area contributed by atoms with Crippen LogP contribution in [0.4, 0.5) is 16.2 Å². The second-order valence-electron chi connectivity index (χ2n) is 9.23. The Labute approximate surface area is 249 Å². The number of nitrogens with zero attached hydrogens (tertiary/aromatic N) is 2. The molecule has 5 rings (SSSR count). The van der Waals surface area contributed by atoms with Gasteiger partial charge in [0.15, 0.2) is 5.76 Å². The molecule has 196 valence electrons. The van der Waals surface area contributed by atoms with E-state index >= 15 is 0 Å². The second-order valence-corrected chi connectivity index (χ2v) is 9.23. The van der Waals surface area contributed by atoms with Crippen molar-refractivity contribution in [3.63, 3.8) is 0 Å². The number of carbonyl (C=O) groups excluding carboxylic acids is 2. The van der Waals surface area contributed by atoms with Gasteiger partial charge in [0.2, 0.25) is 0 Å². The first-order chi connectivity index (χ1) is 18.0. The molecule has 9 heteroatoms. The fourth-order valence-corrected chi connectivity index (χ4v) is 4.57. The van der Waals surface area contributed by atoms with E-state index in [0.717, 1.165) is 47.5 Å². The maximum atomic E-state index is 12.6. The van der Waals surface area contributed by atoms with Crippen molar-refractivity contribution in [3.05, 3.63) is 90.1 Å². The van der Waals surface area contributed by atoms with Gasteiger partial charge in [-0.3, -0.25) is 11.6 Å². The molecule has 0 radical (unpaired) electrons. The molecule has 0 saturated carbocycles. The first kappa shape index (κ1) is 30.1. The largest absolute Gasteiger partial charge is 1.00 e.